The topological polar surface area (TPSA) is 109 Å². The highest BCUT2D eigenvalue weighted by molar-refractivity contribution is 6.07. The summed E-state index contributed by atoms with van der Waals surface area (Å²) in [5, 5.41) is 7.96. The van der Waals surface area contributed by atoms with E-state index in [1.807, 2.05) is 0 Å². The summed E-state index contributed by atoms with van der Waals surface area (Å²) in [7, 11) is 0. The van der Waals surface area contributed by atoms with Gasteiger partial charge in [-0.3, -0.25) is 14.5 Å². The molecule has 0 radical (unpaired) electrons. The Balaban J connectivity index is 1.48. The molecule has 1 saturated heterocycles. The summed E-state index contributed by atoms with van der Waals surface area (Å²) in [6.45, 7) is 9.73. The van der Waals surface area contributed by atoms with Crippen molar-refractivity contribution in [1.82, 2.24) is 30.0 Å². The number of amides is 2. The number of hydrogen-bond acceptors (Lipinski definition) is 8. The van der Waals surface area contributed by atoms with Gasteiger partial charge in [0.1, 0.15) is 23.0 Å². The minimum atomic E-state index is -0.915. The maximum absolute atomic E-state index is 14.9. The lowest BCUT2D eigenvalue weighted by molar-refractivity contribution is 0.0719. The number of nitrogens with zero attached hydrogens (tertiary/aromatic N) is 6. The van der Waals surface area contributed by atoms with Crippen LogP contribution in [0.4, 0.5) is 8.78 Å². The van der Waals surface area contributed by atoms with Crippen LogP contribution in [0.25, 0.3) is 11.5 Å². The molecule has 3 heterocycles. The van der Waals surface area contributed by atoms with Crippen LogP contribution in [-0.2, 0) is 6.54 Å². The number of carbonyl (C=O) groups is 2. The minimum absolute atomic E-state index is 0.266. The van der Waals surface area contributed by atoms with E-state index in [1.165, 1.54) is 9.80 Å². The van der Waals surface area contributed by atoms with E-state index in [0.717, 1.165) is 12.1 Å². The minimum Gasteiger partial charge on any atom is -0.361 e. The van der Waals surface area contributed by atoms with Crippen molar-refractivity contribution in [2.24, 2.45) is 0 Å². The van der Waals surface area contributed by atoms with Gasteiger partial charge in [-0.1, -0.05) is 10.3 Å². The molecule has 2 aromatic heterocycles. The number of aromatic nitrogens is 3. The molecule has 37 heavy (non-hydrogen) atoms. The van der Waals surface area contributed by atoms with Gasteiger partial charge in [0.05, 0.1) is 23.4 Å². The molecule has 3 aromatic rings. The third-order valence-electron chi connectivity index (χ3n) is 6.54. The molecule has 1 aromatic carbocycles. The fourth-order valence-corrected chi connectivity index (χ4v) is 4.54. The number of hydrogen-bond donors (Lipinski definition) is 0. The average Bonchev–Trinajstić information content (AvgIpc) is 3.38. The highest BCUT2D eigenvalue weighted by Gasteiger charge is 2.31. The van der Waals surface area contributed by atoms with Gasteiger partial charge in [-0.25, -0.2) is 8.78 Å². The molecule has 0 unspecified atom stereocenters. The summed E-state index contributed by atoms with van der Waals surface area (Å²) in [6, 6.07) is 1.77. The fraction of sp³-hybridized carbons (Fsp3) is 0.480. The summed E-state index contributed by atoms with van der Waals surface area (Å²) in [5.41, 5.74) is 0.277. The lowest BCUT2D eigenvalue weighted by Gasteiger charge is -2.25. The molecule has 10 nitrogen and oxygen atoms in total. The van der Waals surface area contributed by atoms with Crippen LogP contribution in [0.5, 0.6) is 0 Å². The van der Waals surface area contributed by atoms with Crippen molar-refractivity contribution in [2.45, 2.75) is 40.7 Å². The summed E-state index contributed by atoms with van der Waals surface area (Å²) in [5.74, 6) is -1.85. The van der Waals surface area contributed by atoms with Crippen LogP contribution in [0.2, 0.25) is 0 Å². The molecular weight excluding hydrogens is 486 g/mol. The van der Waals surface area contributed by atoms with E-state index in [4.69, 9.17) is 9.05 Å². The third kappa shape index (κ3) is 5.38. The standard InChI is InChI=1S/C25H30F2N6O4/c1-5-32(6-2)24(34)21-17(26)8-9-18(27)22(21)25(35)33-11-7-10-31(12-13-33)14-19-28-23(37-30-19)20-15(3)29-36-16(20)4/h8-9H,5-7,10-14H2,1-4H3. The fourth-order valence-electron chi connectivity index (χ4n) is 4.54. The van der Waals surface area contributed by atoms with E-state index in [9.17, 15) is 18.4 Å². The zero-order chi connectivity index (χ0) is 26.7. The Labute approximate surface area is 213 Å². The molecule has 0 aliphatic carbocycles. The van der Waals surface area contributed by atoms with E-state index in [1.54, 1.807) is 27.7 Å². The summed E-state index contributed by atoms with van der Waals surface area (Å²) >= 11 is 0. The predicted octanol–water partition coefficient (Wildman–Crippen LogP) is 3.45. The van der Waals surface area contributed by atoms with Crippen molar-refractivity contribution in [3.05, 3.63) is 52.2 Å². The first kappa shape index (κ1) is 26.4. The molecule has 2 amide bonds. The average molecular weight is 517 g/mol. The summed E-state index contributed by atoms with van der Waals surface area (Å²) < 4.78 is 40.2. The first-order valence-corrected chi connectivity index (χ1v) is 12.3. The highest BCUT2D eigenvalue weighted by atomic mass is 19.1. The van der Waals surface area contributed by atoms with Gasteiger partial charge < -0.3 is 18.8 Å². The van der Waals surface area contributed by atoms with Gasteiger partial charge in [0.15, 0.2) is 5.82 Å². The maximum atomic E-state index is 14.9. The van der Waals surface area contributed by atoms with Crippen molar-refractivity contribution in [2.75, 3.05) is 39.3 Å². The molecule has 1 aliphatic rings. The van der Waals surface area contributed by atoms with Crippen molar-refractivity contribution in [3.8, 4) is 11.5 Å². The Morgan fingerprint density at radius 1 is 0.973 bits per heavy atom. The van der Waals surface area contributed by atoms with Gasteiger partial charge >= 0.3 is 0 Å². The lowest BCUT2D eigenvalue weighted by atomic mass is 10.0. The second-order valence-electron chi connectivity index (χ2n) is 8.89. The SMILES string of the molecule is CCN(CC)C(=O)c1c(F)ccc(F)c1C(=O)N1CCCN(Cc2noc(-c3c(C)noc3C)n2)CC1. The summed E-state index contributed by atoms with van der Waals surface area (Å²) in [4.78, 5) is 35.7. The van der Waals surface area contributed by atoms with Crippen molar-refractivity contribution in [3.63, 3.8) is 0 Å². The monoisotopic (exact) mass is 516 g/mol. The van der Waals surface area contributed by atoms with Gasteiger partial charge in [-0.2, -0.15) is 4.98 Å². The second-order valence-corrected chi connectivity index (χ2v) is 8.89. The zero-order valence-electron chi connectivity index (χ0n) is 21.4. The molecule has 198 valence electrons. The van der Waals surface area contributed by atoms with E-state index in [0.29, 0.717) is 74.4 Å². The quantitative estimate of drug-likeness (QED) is 0.470. The first-order valence-electron chi connectivity index (χ1n) is 12.3. The molecular formula is C25H30F2N6O4. The zero-order valence-corrected chi connectivity index (χ0v) is 21.4. The number of benzene rings is 1. The Morgan fingerprint density at radius 2 is 1.68 bits per heavy atom. The van der Waals surface area contributed by atoms with Crippen LogP contribution in [0.1, 0.15) is 58.3 Å². The van der Waals surface area contributed by atoms with E-state index >= 15 is 0 Å². The Hall–Kier alpha value is -3.67. The van der Waals surface area contributed by atoms with Crippen LogP contribution in [-0.4, -0.2) is 81.1 Å². The molecule has 0 saturated carbocycles. The van der Waals surface area contributed by atoms with Crippen LogP contribution in [0.15, 0.2) is 21.2 Å². The van der Waals surface area contributed by atoms with Gasteiger partial charge in [0, 0.05) is 39.3 Å². The van der Waals surface area contributed by atoms with Gasteiger partial charge in [-0.15, -0.1) is 0 Å². The molecule has 0 bridgehead atoms. The second kappa shape index (κ2) is 11.2. The van der Waals surface area contributed by atoms with Crippen LogP contribution >= 0.6 is 0 Å². The predicted molar refractivity (Wildman–Crippen MR) is 129 cm³/mol. The normalized spacial score (nSPS) is 14.6. The molecule has 0 atom stereocenters. The van der Waals surface area contributed by atoms with Crippen LogP contribution < -0.4 is 0 Å². The molecule has 0 spiro atoms. The lowest BCUT2D eigenvalue weighted by Crippen LogP contribution is -2.38. The largest absolute Gasteiger partial charge is 0.361 e. The molecule has 0 N–H and O–H groups in total. The van der Waals surface area contributed by atoms with Crippen LogP contribution in [0.3, 0.4) is 0 Å². The number of carbonyl (C=O) groups excluding carboxylic acids is 2. The Kier molecular flexibility index (Phi) is 7.96. The van der Waals surface area contributed by atoms with Crippen LogP contribution in [0, 0.1) is 25.5 Å². The van der Waals surface area contributed by atoms with Gasteiger partial charge in [-0.05, 0) is 46.2 Å². The van der Waals surface area contributed by atoms with Crippen molar-refractivity contribution < 1.29 is 27.4 Å². The molecule has 4 rings (SSSR count). The number of rotatable bonds is 7. The number of halogens is 2. The number of aryl methyl sites for hydroxylation is 2. The Morgan fingerprint density at radius 3 is 2.32 bits per heavy atom. The van der Waals surface area contributed by atoms with Crippen molar-refractivity contribution in [1.29, 1.82) is 0 Å². The van der Waals surface area contributed by atoms with E-state index in [2.05, 4.69) is 20.2 Å². The smallest absolute Gasteiger partial charge is 0.263 e. The Bertz CT molecular complexity index is 1270. The molecule has 1 aliphatic heterocycles. The van der Waals surface area contributed by atoms with E-state index < -0.39 is 34.6 Å². The van der Waals surface area contributed by atoms with Crippen molar-refractivity contribution >= 4 is 11.8 Å². The molecule has 1 fully saturated rings. The summed E-state index contributed by atoms with van der Waals surface area (Å²) in [6.07, 6.45) is 0.594. The highest BCUT2D eigenvalue weighted by Crippen LogP contribution is 2.26. The maximum Gasteiger partial charge on any atom is 0.263 e. The third-order valence-corrected chi connectivity index (χ3v) is 6.54. The van der Waals surface area contributed by atoms with E-state index in [-0.39, 0.29) is 6.54 Å². The van der Waals surface area contributed by atoms with Gasteiger partial charge in [0.25, 0.3) is 17.7 Å². The molecule has 12 heteroatoms. The first-order chi connectivity index (χ1) is 17.7. The van der Waals surface area contributed by atoms with Gasteiger partial charge in [0.2, 0.25) is 0 Å².